The summed E-state index contributed by atoms with van der Waals surface area (Å²) in [6.45, 7) is 1.86. The summed E-state index contributed by atoms with van der Waals surface area (Å²) >= 11 is 1.58. The fourth-order valence-electron chi connectivity index (χ4n) is 3.67. The van der Waals surface area contributed by atoms with Gasteiger partial charge in [0, 0.05) is 59.9 Å². The summed E-state index contributed by atoms with van der Waals surface area (Å²) < 4.78 is 0. The van der Waals surface area contributed by atoms with Crippen LogP contribution < -0.4 is 4.90 Å². The molecule has 0 bridgehead atoms. The van der Waals surface area contributed by atoms with Gasteiger partial charge >= 0.3 is 0 Å². The smallest absolute Gasteiger partial charge is 0.169 e. The van der Waals surface area contributed by atoms with Gasteiger partial charge in [-0.15, -0.1) is 11.3 Å². The van der Waals surface area contributed by atoms with Crippen LogP contribution >= 0.6 is 11.3 Å². The number of nitrogens with zero attached hydrogens (tertiary/aromatic N) is 6. The van der Waals surface area contributed by atoms with Crippen molar-refractivity contribution in [2.75, 3.05) is 32.1 Å². The SMILES string of the molecule is CN(C)C1CN(c2cc(C(=O)Cc3cc4cc(-c5cncs5)cnc4cn3)ccn2)C1. The maximum Gasteiger partial charge on any atom is 0.169 e. The summed E-state index contributed by atoms with van der Waals surface area (Å²) in [5.74, 6) is 0.889. The second-order valence-electron chi connectivity index (χ2n) is 7.98. The fraction of sp³-hybridized carbons (Fsp3) is 0.261. The summed E-state index contributed by atoms with van der Waals surface area (Å²) in [5.41, 5.74) is 5.03. The van der Waals surface area contributed by atoms with E-state index >= 15 is 0 Å². The molecule has 0 radical (unpaired) electrons. The average Bonchev–Trinajstić information content (AvgIpc) is 3.27. The summed E-state index contributed by atoms with van der Waals surface area (Å²) in [6, 6.07) is 8.22. The Morgan fingerprint density at radius 3 is 2.77 bits per heavy atom. The molecule has 1 aliphatic heterocycles. The largest absolute Gasteiger partial charge is 0.353 e. The molecule has 8 heteroatoms. The van der Waals surface area contributed by atoms with Crippen molar-refractivity contribution in [3.63, 3.8) is 0 Å². The standard InChI is InChI=1S/C23H22N6OS/c1-28(2)19-12-29(13-19)23-7-15(3-4-25-23)21(30)8-18-6-16-5-17(22-11-24-14-31-22)9-27-20(16)10-26-18/h3-7,9-11,14,19H,8,12-13H2,1-2H3. The molecular formula is C23H22N6OS. The van der Waals surface area contributed by atoms with Crippen LogP contribution in [0.2, 0.25) is 0 Å². The number of pyridine rings is 3. The van der Waals surface area contributed by atoms with Crippen LogP contribution in [0.25, 0.3) is 21.3 Å². The number of hydrogen-bond donors (Lipinski definition) is 0. The number of rotatable bonds is 6. The number of carbonyl (C=O) groups is 1. The van der Waals surface area contributed by atoms with Gasteiger partial charge in [0.2, 0.25) is 0 Å². The molecule has 0 N–H and O–H groups in total. The molecule has 0 atom stereocenters. The zero-order chi connectivity index (χ0) is 21.4. The van der Waals surface area contributed by atoms with E-state index in [1.807, 2.05) is 24.5 Å². The van der Waals surface area contributed by atoms with Crippen LogP contribution in [-0.4, -0.2) is 63.8 Å². The minimum atomic E-state index is 0.0340. The lowest BCUT2D eigenvalue weighted by Gasteiger charge is -2.43. The molecule has 1 fully saturated rings. The average molecular weight is 431 g/mol. The third kappa shape index (κ3) is 4.04. The molecular weight excluding hydrogens is 408 g/mol. The Bertz CT molecular complexity index is 1230. The van der Waals surface area contributed by atoms with Crippen molar-refractivity contribution in [3.05, 3.63) is 65.8 Å². The van der Waals surface area contributed by atoms with Crippen molar-refractivity contribution in [2.45, 2.75) is 12.5 Å². The van der Waals surface area contributed by atoms with Gasteiger partial charge < -0.3 is 9.80 Å². The first-order chi connectivity index (χ1) is 15.1. The summed E-state index contributed by atoms with van der Waals surface area (Å²) in [7, 11) is 4.17. The van der Waals surface area contributed by atoms with Crippen LogP contribution in [0.1, 0.15) is 16.1 Å². The van der Waals surface area contributed by atoms with Gasteiger partial charge in [-0.25, -0.2) is 4.98 Å². The number of hydrogen-bond acceptors (Lipinski definition) is 8. The van der Waals surface area contributed by atoms with Gasteiger partial charge in [0.25, 0.3) is 0 Å². The second kappa shape index (κ2) is 8.13. The highest BCUT2D eigenvalue weighted by molar-refractivity contribution is 7.13. The van der Waals surface area contributed by atoms with Gasteiger partial charge in [0.1, 0.15) is 5.82 Å². The first-order valence-electron chi connectivity index (χ1n) is 10.1. The molecule has 0 unspecified atom stereocenters. The minimum Gasteiger partial charge on any atom is -0.353 e. The van der Waals surface area contributed by atoms with Crippen molar-refractivity contribution < 1.29 is 4.79 Å². The number of thiazole rings is 1. The number of likely N-dealkylation sites (N-methyl/N-ethyl adjacent to an activating group) is 1. The number of aromatic nitrogens is 4. The zero-order valence-corrected chi connectivity index (χ0v) is 18.2. The molecule has 0 amide bonds. The summed E-state index contributed by atoms with van der Waals surface area (Å²) in [6.07, 6.45) is 7.35. The summed E-state index contributed by atoms with van der Waals surface area (Å²) in [4.78, 5) is 35.9. The molecule has 1 aliphatic rings. The van der Waals surface area contributed by atoms with E-state index in [9.17, 15) is 4.79 Å². The van der Waals surface area contributed by atoms with Crippen molar-refractivity contribution in [2.24, 2.45) is 0 Å². The molecule has 5 rings (SSSR count). The van der Waals surface area contributed by atoms with E-state index in [2.05, 4.69) is 49.9 Å². The van der Waals surface area contributed by atoms with Gasteiger partial charge in [0.15, 0.2) is 5.78 Å². The minimum absolute atomic E-state index is 0.0340. The van der Waals surface area contributed by atoms with Crippen LogP contribution in [0.15, 0.2) is 54.6 Å². The Morgan fingerprint density at radius 2 is 2.00 bits per heavy atom. The third-order valence-corrected chi connectivity index (χ3v) is 6.49. The molecule has 7 nitrogen and oxygen atoms in total. The highest BCUT2D eigenvalue weighted by Gasteiger charge is 2.29. The Morgan fingerprint density at radius 1 is 1.13 bits per heavy atom. The molecule has 1 saturated heterocycles. The van der Waals surface area contributed by atoms with Gasteiger partial charge in [-0.2, -0.15) is 0 Å². The van der Waals surface area contributed by atoms with Crippen molar-refractivity contribution in [1.29, 1.82) is 0 Å². The fourth-order valence-corrected chi connectivity index (χ4v) is 4.27. The highest BCUT2D eigenvalue weighted by atomic mass is 32.1. The molecule has 156 valence electrons. The van der Waals surface area contributed by atoms with E-state index in [4.69, 9.17) is 0 Å². The first kappa shape index (κ1) is 19.7. The molecule has 5 heterocycles. The predicted molar refractivity (Wildman–Crippen MR) is 123 cm³/mol. The topological polar surface area (TPSA) is 75.1 Å². The van der Waals surface area contributed by atoms with Crippen LogP contribution in [0.3, 0.4) is 0 Å². The summed E-state index contributed by atoms with van der Waals surface area (Å²) in [5, 5.41) is 0.967. The van der Waals surface area contributed by atoms with E-state index in [0.29, 0.717) is 11.6 Å². The Labute approximate surface area is 184 Å². The van der Waals surface area contributed by atoms with Gasteiger partial charge in [-0.1, -0.05) is 0 Å². The normalized spacial score (nSPS) is 14.2. The van der Waals surface area contributed by atoms with Crippen LogP contribution in [-0.2, 0) is 6.42 Å². The van der Waals surface area contributed by atoms with Gasteiger partial charge in [0.05, 0.1) is 28.5 Å². The maximum absolute atomic E-state index is 12.9. The number of fused-ring (bicyclic) bond motifs is 1. The quantitative estimate of drug-likeness (QED) is 0.434. The van der Waals surface area contributed by atoms with Gasteiger partial charge in [-0.3, -0.25) is 19.7 Å². The Balaban J connectivity index is 1.34. The van der Waals surface area contributed by atoms with Crippen molar-refractivity contribution in [3.8, 4) is 10.4 Å². The van der Waals surface area contributed by atoms with Crippen LogP contribution in [0.5, 0.6) is 0 Å². The van der Waals surface area contributed by atoms with E-state index in [0.717, 1.165) is 45.9 Å². The van der Waals surface area contributed by atoms with Crippen molar-refractivity contribution in [1.82, 2.24) is 24.8 Å². The molecule has 4 aromatic rings. The molecule has 0 saturated carbocycles. The molecule has 0 aromatic carbocycles. The van der Waals surface area contributed by atoms with E-state index < -0.39 is 0 Å². The first-order valence-corrected chi connectivity index (χ1v) is 11.0. The van der Waals surface area contributed by atoms with Gasteiger partial charge in [-0.05, 0) is 38.4 Å². The lowest BCUT2D eigenvalue weighted by molar-refractivity contribution is 0.0992. The Hall–Kier alpha value is -3.23. The lowest BCUT2D eigenvalue weighted by Crippen LogP contribution is -2.57. The van der Waals surface area contributed by atoms with Crippen molar-refractivity contribution >= 4 is 33.8 Å². The number of carbonyl (C=O) groups excluding carboxylic acids is 1. The highest BCUT2D eigenvalue weighted by Crippen LogP contribution is 2.26. The predicted octanol–water partition coefficient (Wildman–Crippen LogP) is 3.32. The molecule has 4 aromatic heterocycles. The molecule has 0 aliphatic carbocycles. The van der Waals surface area contributed by atoms with E-state index in [1.54, 1.807) is 35.3 Å². The second-order valence-corrected chi connectivity index (χ2v) is 8.87. The Kier molecular flexibility index (Phi) is 5.17. The van der Waals surface area contributed by atoms with E-state index in [-0.39, 0.29) is 12.2 Å². The van der Waals surface area contributed by atoms with E-state index in [1.165, 1.54) is 0 Å². The zero-order valence-electron chi connectivity index (χ0n) is 17.4. The molecule has 31 heavy (non-hydrogen) atoms. The lowest BCUT2D eigenvalue weighted by atomic mass is 10.0. The van der Waals surface area contributed by atoms with Crippen LogP contribution in [0, 0.1) is 0 Å². The molecule has 0 spiro atoms. The third-order valence-electron chi connectivity index (χ3n) is 5.67. The number of ketones is 1. The number of anilines is 1. The number of Topliss-reactive ketones (excluding diaryl/α,β-unsaturated/α-hetero) is 1. The maximum atomic E-state index is 12.9. The van der Waals surface area contributed by atoms with Crippen LogP contribution in [0.4, 0.5) is 5.82 Å². The monoisotopic (exact) mass is 430 g/mol.